The predicted octanol–water partition coefficient (Wildman–Crippen LogP) is 3.07. The first-order valence-corrected chi connectivity index (χ1v) is 6.09. The Morgan fingerprint density at radius 3 is 2.38 bits per heavy atom. The van der Waals surface area contributed by atoms with Crippen molar-refractivity contribution in [2.45, 2.75) is 12.7 Å². The molecule has 1 aromatic heterocycles. The number of benzene rings is 1. The Balaban J connectivity index is 2.21. The molecule has 0 spiro atoms. The van der Waals surface area contributed by atoms with Crippen LogP contribution in [0.2, 0.25) is 0 Å². The van der Waals surface area contributed by atoms with Gasteiger partial charge in [0.25, 0.3) is 5.91 Å². The van der Waals surface area contributed by atoms with Crippen LogP contribution in [-0.4, -0.2) is 23.5 Å². The first-order chi connectivity index (χ1) is 9.85. The van der Waals surface area contributed by atoms with Crippen LogP contribution in [0.15, 0.2) is 47.1 Å². The molecule has 1 aromatic carbocycles. The number of halogens is 3. The molecule has 2 N–H and O–H groups in total. The summed E-state index contributed by atoms with van der Waals surface area (Å²) in [6.07, 6.45) is -3.15. The van der Waals surface area contributed by atoms with E-state index in [1.54, 1.807) is 6.07 Å². The van der Waals surface area contributed by atoms with Crippen molar-refractivity contribution < 1.29 is 22.4 Å². The van der Waals surface area contributed by atoms with Crippen molar-refractivity contribution in [2.75, 3.05) is 12.3 Å². The van der Waals surface area contributed by atoms with Gasteiger partial charge in [-0.1, -0.05) is 0 Å². The summed E-state index contributed by atoms with van der Waals surface area (Å²) in [4.78, 5) is 12.9. The van der Waals surface area contributed by atoms with Crippen molar-refractivity contribution in [1.29, 1.82) is 0 Å². The molecule has 0 bridgehead atoms. The third-order valence-electron chi connectivity index (χ3n) is 2.74. The number of furan rings is 1. The highest BCUT2D eigenvalue weighted by molar-refractivity contribution is 5.94. The third kappa shape index (κ3) is 4.27. The maximum absolute atomic E-state index is 12.6. The lowest BCUT2D eigenvalue weighted by Gasteiger charge is -2.23. The number of carbonyl (C=O) groups is 1. The van der Waals surface area contributed by atoms with Gasteiger partial charge in [0.2, 0.25) is 0 Å². The molecule has 112 valence electrons. The molecule has 0 aliphatic rings. The number of rotatable bonds is 4. The largest absolute Gasteiger partial charge is 0.467 e. The maximum atomic E-state index is 12.6. The molecule has 0 radical (unpaired) electrons. The minimum absolute atomic E-state index is 0.139. The highest BCUT2D eigenvalue weighted by Crippen LogP contribution is 2.20. The molecule has 21 heavy (non-hydrogen) atoms. The fourth-order valence-corrected chi connectivity index (χ4v) is 1.81. The van der Waals surface area contributed by atoms with E-state index in [0.717, 1.165) is 0 Å². The van der Waals surface area contributed by atoms with E-state index in [1.165, 1.54) is 36.6 Å². The zero-order chi connectivity index (χ0) is 15.5. The van der Waals surface area contributed by atoms with Gasteiger partial charge in [-0.15, -0.1) is 0 Å². The molecule has 0 fully saturated rings. The summed E-state index contributed by atoms with van der Waals surface area (Å²) in [5.74, 6) is -0.452. The van der Waals surface area contributed by atoms with Gasteiger partial charge in [0.05, 0.1) is 12.8 Å². The van der Waals surface area contributed by atoms with Crippen LogP contribution >= 0.6 is 0 Å². The van der Waals surface area contributed by atoms with Crippen molar-refractivity contribution in [3.8, 4) is 0 Å². The average Bonchev–Trinajstić information content (AvgIpc) is 2.89. The Hall–Kier alpha value is -2.44. The molecule has 2 rings (SSSR count). The molecule has 0 aliphatic heterocycles. The zero-order valence-electron chi connectivity index (χ0n) is 10.9. The lowest BCUT2D eigenvalue weighted by Crippen LogP contribution is -2.38. The SMILES string of the molecule is Nc1ccc(C(=O)N(Cc2ccco2)CC(F)(F)F)cc1. The smallest absolute Gasteiger partial charge is 0.406 e. The highest BCUT2D eigenvalue weighted by atomic mass is 19.4. The van der Waals surface area contributed by atoms with Gasteiger partial charge in [0, 0.05) is 11.3 Å². The molecular formula is C14H13F3N2O2. The van der Waals surface area contributed by atoms with Crippen LogP contribution in [-0.2, 0) is 6.54 Å². The second kappa shape index (κ2) is 5.90. The van der Waals surface area contributed by atoms with Crippen LogP contribution in [0.3, 0.4) is 0 Å². The van der Waals surface area contributed by atoms with E-state index in [9.17, 15) is 18.0 Å². The lowest BCUT2D eigenvalue weighted by molar-refractivity contribution is -0.142. The van der Waals surface area contributed by atoms with E-state index in [0.29, 0.717) is 10.6 Å². The number of anilines is 1. The summed E-state index contributed by atoms with van der Waals surface area (Å²) in [5.41, 5.74) is 6.06. The summed E-state index contributed by atoms with van der Waals surface area (Å²) in [6, 6.07) is 8.78. The van der Waals surface area contributed by atoms with Crippen LogP contribution in [0.4, 0.5) is 18.9 Å². The van der Waals surface area contributed by atoms with Crippen molar-refractivity contribution >= 4 is 11.6 Å². The molecule has 0 atom stereocenters. The monoisotopic (exact) mass is 298 g/mol. The van der Waals surface area contributed by atoms with Gasteiger partial charge in [-0.25, -0.2) is 0 Å². The summed E-state index contributed by atoms with van der Waals surface area (Å²) in [5, 5.41) is 0. The molecule has 0 saturated heterocycles. The lowest BCUT2D eigenvalue weighted by atomic mass is 10.1. The van der Waals surface area contributed by atoms with E-state index in [2.05, 4.69) is 0 Å². The van der Waals surface area contributed by atoms with Crippen molar-refractivity contribution in [3.63, 3.8) is 0 Å². The second-order valence-corrected chi connectivity index (χ2v) is 4.48. The van der Waals surface area contributed by atoms with Gasteiger partial charge in [0.15, 0.2) is 0 Å². The third-order valence-corrected chi connectivity index (χ3v) is 2.74. The van der Waals surface area contributed by atoms with Gasteiger partial charge in [-0.2, -0.15) is 13.2 Å². The Labute approximate surface area is 119 Å². The average molecular weight is 298 g/mol. The van der Waals surface area contributed by atoms with Crippen LogP contribution in [0.5, 0.6) is 0 Å². The molecule has 2 aromatic rings. The number of amides is 1. The maximum Gasteiger partial charge on any atom is 0.406 e. The molecule has 4 nitrogen and oxygen atoms in total. The molecule has 1 heterocycles. The fourth-order valence-electron chi connectivity index (χ4n) is 1.81. The van der Waals surface area contributed by atoms with Crippen LogP contribution in [0.1, 0.15) is 16.1 Å². The Morgan fingerprint density at radius 2 is 1.86 bits per heavy atom. The molecule has 0 unspecified atom stereocenters. The second-order valence-electron chi connectivity index (χ2n) is 4.48. The molecule has 1 amide bonds. The van der Waals surface area contributed by atoms with E-state index in [4.69, 9.17) is 10.2 Å². The number of hydrogen-bond donors (Lipinski definition) is 1. The van der Waals surface area contributed by atoms with E-state index < -0.39 is 18.6 Å². The minimum atomic E-state index is -4.49. The van der Waals surface area contributed by atoms with E-state index in [-0.39, 0.29) is 17.9 Å². The van der Waals surface area contributed by atoms with Crippen LogP contribution < -0.4 is 5.73 Å². The predicted molar refractivity (Wildman–Crippen MR) is 70.4 cm³/mol. The number of nitrogens with zero attached hydrogens (tertiary/aromatic N) is 1. The zero-order valence-corrected chi connectivity index (χ0v) is 10.9. The van der Waals surface area contributed by atoms with Gasteiger partial charge in [-0.3, -0.25) is 4.79 Å². The van der Waals surface area contributed by atoms with Gasteiger partial charge in [0.1, 0.15) is 12.3 Å². The molecule has 0 saturated carbocycles. The number of hydrogen-bond acceptors (Lipinski definition) is 3. The van der Waals surface area contributed by atoms with Crippen molar-refractivity contribution in [2.24, 2.45) is 0 Å². The summed E-state index contributed by atoms with van der Waals surface area (Å²) < 4.78 is 42.9. The quantitative estimate of drug-likeness (QED) is 0.882. The van der Waals surface area contributed by atoms with Crippen molar-refractivity contribution in [3.05, 3.63) is 54.0 Å². The number of nitrogens with two attached hydrogens (primary N) is 1. The topological polar surface area (TPSA) is 59.5 Å². The number of carbonyl (C=O) groups excluding carboxylic acids is 1. The van der Waals surface area contributed by atoms with Crippen molar-refractivity contribution in [1.82, 2.24) is 4.90 Å². The van der Waals surface area contributed by atoms with E-state index >= 15 is 0 Å². The van der Waals surface area contributed by atoms with Crippen LogP contribution in [0.25, 0.3) is 0 Å². The molecule has 0 aliphatic carbocycles. The number of nitrogen functional groups attached to an aromatic ring is 1. The summed E-state index contributed by atoms with van der Waals surface area (Å²) in [6.45, 7) is -1.60. The normalized spacial score (nSPS) is 11.4. The molecular weight excluding hydrogens is 285 g/mol. The van der Waals surface area contributed by atoms with Gasteiger partial charge >= 0.3 is 6.18 Å². The van der Waals surface area contributed by atoms with Crippen LogP contribution in [0, 0.1) is 0 Å². The van der Waals surface area contributed by atoms with Gasteiger partial charge < -0.3 is 15.1 Å². The fraction of sp³-hybridized carbons (Fsp3) is 0.214. The Kier molecular flexibility index (Phi) is 4.21. The Morgan fingerprint density at radius 1 is 1.19 bits per heavy atom. The minimum Gasteiger partial charge on any atom is -0.467 e. The Bertz CT molecular complexity index is 592. The highest BCUT2D eigenvalue weighted by Gasteiger charge is 2.33. The first-order valence-electron chi connectivity index (χ1n) is 6.09. The standard InChI is InChI=1S/C14H13F3N2O2/c15-14(16,17)9-19(8-12-2-1-7-21-12)13(20)10-3-5-11(18)6-4-10/h1-7H,8-9,18H2. The molecule has 7 heteroatoms. The van der Waals surface area contributed by atoms with E-state index in [1.807, 2.05) is 0 Å². The summed E-state index contributed by atoms with van der Waals surface area (Å²) in [7, 11) is 0. The van der Waals surface area contributed by atoms with Gasteiger partial charge in [-0.05, 0) is 36.4 Å². The number of alkyl halides is 3. The summed E-state index contributed by atoms with van der Waals surface area (Å²) >= 11 is 0. The first kappa shape index (κ1) is 15.0.